The van der Waals surface area contributed by atoms with E-state index in [4.69, 9.17) is 11.6 Å². The number of nitrogens with zero attached hydrogens (tertiary/aromatic N) is 2. The van der Waals surface area contributed by atoms with Gasteiger partial charge in [0.1, 0.15) is 5.15 Å². The number of hydrazine groups is 1. The largest absolute Gasteiger partial charge is 0.299 e. The number of piperidine rings is 1. The number of benzene rings is 2. The van der Waals surface area contributed by atoms with E-state index in [1.165, 1.54) is 6.42 Å². The normalized spacial score (nSPS) is 20.7. The lowest BCUT2D eigenvalue weighted by atomic mass is 10.00. The Kier molecular flexibility index (Phi) is 4.94. The van der Waals surface area contributed by atoms with Crippen molar-refractivity contribution in [3.05, 3.63) is 65.3 Å². The molecule has 5 heteroatoms. The molecule has 2 unspecified atom stereocenters. The summed E-state index contributed by atoms with van der Waals surface area (Å²) in [5.41, 5.74) is 5.53. The van der Waals surface area contributed by atoms with Crippen LogP contribution in [0.1, 0.15) is 43.5 Å². The number of hydrogen-bond donors (Lipinski definition) is 1. The van der Waals surface area contributed by atoms with Gasteiger partial charge in [-0.1, -0.05) is 54.4 Å². The number of nitrogens with one attached hydrogen (secondary N) is 1. The molecule has 140 valence electrons. The summed E-state index contributed by atoms with van der Waals surface area (Å²) in [7, 11) is 0. The second kappa shape index (κ2) is 7.37. The molecular formula is C22H24ClN3O. The molecule has 0 saturated carbocycles. The highest BCUT2D eigenvalue weighted by Gasteiger charge is 2.29. The zero-order chi connectivity index (χ0) is 19.0. The fourth-order valence-corrected chi connectivity index (χ4v) is 4.45. The molecule has 4 nitrogen and oxygen atoms in total. The van der Waals surface area contributed by atoms with Gasteiger partial charge >= 0.3 is 0 Å². The maximum atomic E-state index is 13.2. The Balaban J connectivity index is 1.78. The van der Waals surface area contributed by atoms with Gasteiger partial charge in [-0.2, -0.15) is 0 Å². The molecule has 2 atom stereocenters. The molecule has 1 aliphatic rings. The molecule has 1 amide bonds. The lowest BCUT2D eigenvalue weighted by Gasteiger charge is -2.38. The fraction of sp³-hybridized carbons (Fsp3) is 0.318. The molecule has 2 heterocycles. The van der Waals surface area contributed by atoms with Gasteiger partial charge in [0.2, 0.25) is 0 Å². The average Bonchev–Trinajstić information content (AvgIpc) is 2.97. The van der Waals surface area contributed by atoms with Crippen molar-refractivity contribution in [2.45, 2.75) is 45.2 Å². The molecule has 0 spiro atoms. The molecule has 1 saturated heterocycles. The maximum Gasteiger partial charge on any atom is 0.269 e. The van der Waals surface area contributed by atoms with Gasteiger partial charge in [-0.05, 0) is 44.9 Å². The summed E-state index contributed by atoms with van der Waals surface area (Å²) in [6, 6.07) is 18.4. The molecule has 1 aromatic heterocycles. The van der Waals surface area contributed by atoms with Crippen LogP contribution >= 0.6 is 11.6 Å². The van der Waals surface area contributed by atoms with E-state index in [0.717, 1.165) is 29.4 Å². The number of para-hydroxylation sites is 2. The molecular weight excluding hydrogens is 358 g/mol. The minimum atomic E-state index is -0.147. The monoisotopic (exact) mass is 381 g/mol. The summed E-state index contributed by atoms with van der Waals surface area (Å²) < 4.78 is 1.94. The Bertz CT molecular complexity index is 956. The molecule has 4 rings (SSSR count). The summed E-state index contributed by atoms with van der Waals surface area (Å²) >= 11 is 6.76. The minimum Gasteiger partial charge on any atom is -0.299 e. The molecule has 3 aromatic rings. The van der Waals surface area contributed by atoms with Crippen LogP contribution in [0.15, 0.2) is 54.6 Å². The summed E-state index contributed by atoms with van der Waals surface area (Å²) in [5, 5.41) is 3.38. The van der Waals surface area contributed by atoms with Crippen molar-refractivity contribution in [2.75, 3.05) is 0 Å². The van der Waals surface area contributed by atoms with E-state index >= 15 is 0 Å². The van der Waals surface area contributed by atoms with Crippen LogP contribution in [0.4, 0.5) is 0 Å². The summed E-state index contributed by atoms with van der Waals surface area (Å²) in [5.74, 6) is -0.147. The van der Waals surface area contributed by atoms with Gasteiger partial charge in [0, 0.05) is 23.2 Å². The third-order valence-corrected chi connectivity index (χ3v) is 5.84. The zero-order valence-corrected chi connectivity index (χ0v) is 16.4. The molecule has 0 radical (unpaired) electrons. The predicted molar refractivity (Wildman–Crippen MR) is 110 cm³/mol. The van der Waals surface area contributed by atoms with Crippen LogP contribution in [-0.4, -0.2) is 27.6 Å². The number of aromatic nitrogens is 1. The molecule has 0 aliphatic carbocycles. The van der Waals surface area contributed by atoms with Crippen LogP contribution in [-0.2, 0) is 0 Å². The van der Waals surface area contributed by atoms with E-state index < -0.39 is 0 Å². The number of hydrogen-bond acceptors (Lipinski definition) is 2. The van der Waals surface area contributed by atoms with E-state index in [1.54, 1.807) is 0 Å². The van der Waals surface area contributed by atoms with Crippen LogP contribution in [0.2, 0.25) is 5.15 Å². The second-order valence-electron chi connectivity index (χ2n) is 7.33. The fourth-order valence-electron chi connectivity index (χ4n) is 4.07. The summed E-state index contributed by atoms with van der Waals surface area (Å²) in [6.07, 6.45) is 3.37. The van der Waals surface area contributed by atoms with Crippen LogP contribution < -0.4 is 5.43 Å². The van der Waals surface area contributed by atoms with Gasteiger partial charge < -0.3 is 0 Å². The number of fused-ring (bicyclic) bond motifs is 1. The number of carbonyl (C=O) groups excluding carboxylic acids is 1. The Morgan fingerprint density at radius 1 is 1.00 bits per heavy atom. The number of carbonyl (C=O) groups is 1. The third kappa shape index (κ3) is 3.24. The van der Waals surface area contributed by atoms with Gasteiger partial charge in [0.15, 0.2) is 0 Å². The Morgan fingerprint density at radius 3 is 2.33 bits per heavy atom. The van der Waals surface area contributed by atoms with Crippen molar-refractivity contribution >= 4 is 28.4 Å². The van der Waals surface area contributed by atoms with E-state index in [9.17, 15) is 4.79 Å². The third-order valence-electron chi connectivity index (χ3n) is 5.48. The van der Waals surface area contributed by atoms with Crippen LogP contribution in [0, 0.1) is 0 Å². The maximum absolute atomic E-state index is 13.2. The lowest BCUT2D eigenvalue weighted by Crippen LogP contribution is -2.54. The first kappa shape index (κ1) is 18.1. The smallest absolute Gasteiger partial charge is 0.269 e. The topological polar surface area (TPSA) is 37.3 Å². The Hall–Kier alpha value is -2.30. The first-order valence-electron chi connectivity index (χ1n) is 9.51. The minimum absolute atomic E-state index is 0.147. The standard InChI is InChI=1S/C22H24ClN3O/c1-15-9-8-10-16(2)26(15)24-22(27)20-18-13-6-7-14-19(18)25(21(20)23)17-11-4-3-5-12-17/h3-7,11-16H,8-10H2,1-2H3,(H,24,27). The van der Waals surface area contributed by atoms with Gasteiger partial charge in [-0.15, -0.1) is 0 Å². The first-order valence-corrected chi connectivity index (χ1v) is 9.89. The van der Waals surface area contributed by atoms with Gasteiger partial charge in [-0.3, -0.25) is 14.8 Å². The SMILES string of the molecule is CC1CCCC(C)N1NC(=O)c1c(Cl)n(-c2ccccc2)c2ccccc12. The van der Waals surface area contributed by atoms with E-state index in [-0.39, 0.29) is 5.91 Å². The van der Waals surface area contributed by atoms with Gasteiger partial charge in [0.05, 0.1) is 11.1 Å². The highest BCUT2D eigenvalue weighted by atomic mass is 35.5. The van der Waals surface area contributed by atoms with Gasteiger partial charge in [0.25, 0.3) is 5.91 Å². The summed E-state index contributed by atoms with van der Waals surface area (Å²) in [4.78, 5) is 13.2. The number of amides is 1. The Morgan fingerprint density at radius 2 is 1.63 bits per heavy atom. The molecule has 1 fully saturated rings. The van der Waals surface area contributed by atoms with Crippen LogP contribution in [0.3, 0.4) is 0 Å². The predicted octanol–water partition coefficient (Wildman–Crippen LogP) is 5.19. The molecule has 27 heavy (non-hydrogen) atoms. The van der Waals surface area contributed by atoms with Crippen LogP contribution in [0.5, 0.6) is 0 Å². The molecule has 0 bridgehead atoms. The van der Waals surface area contributed by atoms with Crippen molar-refractivity contribution in [1.82, 2.24) is 15.0 Å². The average molecular weight is 382 g/mol. The molecule has 1 aliphatic heterocycles. The van der Waals surface area contributed by atoms with Crippen molar-refractivity contribution in [3.63, 3.8) is 0 Å². The quantitative estimate of drug-likeness (QED) is 0.677. The second-order valence-corrected chi connectivity index (χ2v) is 7.69. The number of rotatable bonds is 3. The van der Waals surface area contributed by atoms with Crippen molar-refractivity contribution in [3.8, 4) is 5.69 Å². The lowest BCUT2D eigenvalue weighted by molar-refractivity contribution is 0.0371. The van der Waals surface area contributed by atoms with E-state index in [1.807, 2.05) is 59.2 Å². The highest BCUT2D eigenvalue weighted by Crippen LogP contribution is 2.33. The van der Waals surface area contributed by atoms with E-state index in [2.05, 4.69) is 24.3 Å². The van der Waals surface area contributed by atoms with Gasteiger partial charge in [-0.25, -0.2) is 5.01 Å². The first-order chi connectivity index (χ1) is 13.1. The number of halogens is 1. The Labute approximate surface area is 164 Å². The van der Waals surface area contributed by atoms with Crippen molar-refractivity contribution in [1.29, 1.82) is 0 Å². The summed E-state index contributed by atoms with van der Waals surface area (Å²) in [6.45, 7) is 4.32. The molecule has 1 N–H and O–H groups in total. The zero-order valence-electron chi connectivity index (χ0n) is 15.7. The van der Waals surface area contributed by atoms with Crippen molar-refractivity contribution in [2.24, 2.45) is 0 Å². The molecule has 2 aromatic carbocycles. The van der Waals surface area contributed by atoms with Crippen molar-refractivity contribution < 1.29 is 4.79 Å². The van der Waals surface area contributed by atoms with Crippen LogP contribution in [0.25, 0.3) is 16.6 Å². The highest BCUT2D eigenvalue weighted by molar-refractivity contribution is 6.36. The van der Waals surface area contributed by atoms with E-state index in [0.29, 0.717) is 22.8 Å².